The minimum atomic E-state index is 0.389. The first kappa shape index (κ1) is 13.4. The summed E-state index contributed by atoms with van der Waals surface area (Å²) in [5, 5.41) is 0. The fraction of sp³-hybridized carbons (Fsp3) is 0.400. The third-order valence-electron chi connectivity index (χ3n) is 4.76. The largest absolute Gasteiger partial charge is 0.0830 e. The molecule has 0 spiro atoms. The van der Waals surface area contributed by atoms with E-state index in [2.05, 4.69) is 62.4 Å². The molecule has 0 heteroatoms. The molecule has 20 heavy (non-hydrogen) atoms. The van der Waals surface area contributed by atoms with Gasteiger partial charge < -0.3 is 0 Å². The van der Waals surface area contributed by atoms with E-state index in [1.807, 2.05) is 0 Å². The van der Waals surface area contributed by atoms with Crippen LogP contribution in [-0.2, 0) is 0 Å². The van der Waals surface area contributed by atoms with E-state index in [0.29, 0.717) is 5.41 Å². The molecule has 0 aliphatic heterocycles. The summed E-state index contributed by atoms with van der Waals surface area (Å²) in [7, 11) is 0. The van der Waals surface area contributed by atoms with Crippen LogP contribution in [0.25, 0.3) is 5.57 Å². The van der Waals surface area contributed by atoms with Gasteiger partial charge in [-0.25, -0.2) is 0 Å². The quantitative estimate of drug-likeness (QED) is 0.632. The van der Waals surface area contributed by atoms with Crippen molar-refractivity contribution in [1.29, 1.82) is 0 Å². The zero-order chi connectivity index (χ0) is 14.0. The minimum absolute atomic E-state index is 0.389. The lowest BCUT2D eigenvalue weighted by Crippen LogP contribution is -2.22. The predicted octanol–water partition coefficient (Wildman–Crippen LogP) is 5.93. The van der Waals surface area contributed by atoms with Crippen LogP contribution in [0.4, 0.5) is 0 Å². The summed E-state index contributed by atoms with van der Waals surface area (Å²) < 4.78 is 0. The Labute approximate surface area is 122 Å². The van der Waals surface area contributed by atoms with Gasteiger partial charge in [0.1, 0.15) is 0 Å². The summed E-state index contributed by atoms with van der Waals surface area (Å²) >= 11 is 0. The number of hydrogen-bond donors (Lipinski definition) is 0. The van der Waals surface area contributed by atoms with Gasteiger partial charge >= 0.3 is 0 Å². The molecular formula is C20H24. The van der Waals surface area contributed by atoms with Crippen molar-refractivity contribution in [2.45, 2.75) is 46.0 Å². The van der Waals surface area contributed by atoms with Crippen molar-refractivity contribution < 1.29 is 0 Å². The highest BCUT2D eigenvalue weighted by molar-refractivity contribution is 5.81. The molecule has 1 atom stereocenters. The standard InChI is InChI=1S/C20H24/c1-3-4-12-20-13-8-11-18(17-9-6-5-7-10-17)19(20)14-16(2)15-20/h5-11,14H,3-4,12-13,15H2,1-2H3. The van der Waals surface area contributed by atoms with Crippen LogP contribution < -0.4 is 0 Å². The molecule has 0 fully saturated rings. The molecule has 0 aromatic heterocycles. The van der Waals surface area contributed by atoms with Crippen LogP contribution in [0.5, 0.6) is 0 Å². The van der Waals surface area contributed by atoms with Gasteiger partial charge in [0.2, 0.25) is 0 Å². The second-order valence-electron chi connectivity index (χ2n) is 6.35. The molecule has 104 valence electrons. The first-order valence-electron chi connectivity index (χ1n) is 7.89. The van der Waals surface area contributed by atoms with Crippen LogP contribution in [-0.4, -0.2) is 0 Å². The van der Waals surface area contributed by atoms with Gasteiger partial charge in [-0.15, -0.1) is 0 Å². The minimum Gasteiger partial charge on any atom is -0.0830 e. The number of fused-ring (bicyclic) bond motifs is 1. The Morgan fingerprint density at radius 3 is 2.70 bits per heavy atom. The monoisotopic (exact) mass is 264 g/mol. The van der Waals surface area contributed by atoms with E-state index in [-0.39, 0.29) is 0 Å². The van der Waals surface area contributed by atoms with Gasteiger partial charge in [0.05, 0.1) is 0 Å². The Hall–Kier alpha value is -1.56. The van der Waals surface area contributed by atoms with Crippen molar-refractivity contribution in [2.75, 3.05) is 0 Å². The van der Waals surface area contributed by atoms with E-state index in [0.717, 1.165) is 0 Å². The van der Waals surface area contributed by atoms with Gasteiger partial charge in [-0.2, -0.15) is 0 Å². The highest BCUT2D eigenvalue weighted by atomic mass is 14.4. The van der Waals surface area contributed by atoms with Crippen LogP contribution in [0.2, 0.25) is 0 Å². The van der Waals surface area contributed by atoms with E-state index < -0.39 is 0 Å². The number of benzene rings is 1. The van der Waals surface area contributed by atoms with Crippen molar-refractivity contribution in [3.63, 3.8) is 0 Å². The lowest BCUT2D eigenvalue weighted by Gasteiger charge is -2.34. The summed E-state index contributed by atoms with van der Waals surface area (Å²) in [4.78, 5) is 0. The summed E-state index contributed by atoms with van der Waals surface area (Å²) in [6, 6.07) is 10.9. The van der Waals surface area contributed by atoms with E-state index in [1.165, 1.54) is 43.2 Å². The SMILES string of the molecule is CCCCC12CC=CC(c3ccccc3)=C1C=C(C)C2. The van der Waals surface area contributed by atoms with Gasteiger partial charge in [-0.3, -0.25) is 0 Å². The number of unbranched alkanes of at least 4 members (excludes halogenated alkanes) is 1. The van der Waals surface area contributed by atoms with E-state index >= 15 is 0 Å². The lowest BCUT2D eigenvalue weighted by atomic mass is 9.69. The summed E-state index contributed by atoms with van der Waals surface area (Å²) in [6.07, 6.45) is 13.6. The second kappa shape index (κ2) is 5.44. The van der Waals surface area contributed by atoms with Crippen LogP contribution in [0.3, 0.4) is 0 Å². The van der Waals surface area contributed by atoms with Crippen LogP contribution in [0, 0.1) is 5.41 Å². The third kappa shape index (κ3) is 2.28. The summed E-state index contributed by atoms with van der Waals surface area (Å²) in [6.45, 7) is 4.59. The molecule has 0 amide bonds. The second-order valence-corrected chi connectivity index (χ2v) is 6.35. The zero-order valence-corrected chi connectivity index (χ0v) is 12.7. The third-order valence-corrected chi connectivity index (χ3v) is 4.76. The summed E-state index contributed by atoms with van der Waals surface area (Å²) in [5.41, 5.74) is 6.35. The van der Waals surface area contributed by atoms with Gasteiger partial charge in [0, 0.05) is 5.41 Å². The molecule has 0 saturated heterocycles. The maximum atomic E-state index is 2.46. The Morgan fingerprint density at radius 1 is 1.15 bits per heavy atom. The molecule has 1 unspecified atom stereocenters. The molecule has 0 bridgehead atoms. The summed E-state index contributed by atoms with van der Waals surface area (Å²) in [5.74, 6) is 0. The number of rotatable bonds is 4. The number of allylic oxidation sites excluding steroid dienone is 6. The first-order chi connectivity index (χ1) is 9.75. The fourth-order valence-corrected chi connectivity index (χ4v) is 3.83. The highest BCUT2D eigenvalue weighted by Gasteiger charge is 2.39. The molecule has 1 aromatic rings. The van der Waals surface area contributed by atoms with Gasteiger partial charge in [-0.1, -0.05) is 73.9 Å². The smallest absolute Gasteiger partial charge is 0.00308 e. The molecule has 2 aliphatic rings. The molecule has 3 rings (SSSR count). The normalized spacial score (nSPS) is 24.8. The molecule has 1 aromatic carbocycles. The molecule has 0 saturated carbocycles. The van der Waals surface area contributed by atoms with Crippen molar-refractivity contribution in [2.24, 2.45) is 5.41 Å². The lowest BCUT2D eigenvalue weighted by molar-refractivity contribution is 0.335. The molecule has 0 heterocycles. The van der Waals surface area contributed by atoms with Crippen molar-refractivity contribution in [3.05, 3.63) is 65.3 Å². The first-order valence-corrected chi connectivity index (χ1v) is 7.89. The maximum Gasteiger partial charge on any atom is 0.00308 e. The van der Waals surface area contributed by atoms with E-state index in [4.69, 9.17) is 0 Å². The predicted molar refractivity (Wildman–Crippen MR) is 87.5 cm³/mol. The van der Waals surface area contributed by atoms with Crippen molar-refractivity contribution in [3.8, 4) is 0 Å². The van der Waals surface area contributed by atoms with E-state index in [9.17, 15) is 0 Å². The van der Waals surface area contributed by atoms with E-state index in [1.54, 1.807) is 11.1 Å². The van der Waals surface area contributed by atoms with Crippen LogP contribution >= 0.6 is 0 Å². The molecule has 2 aliphatic carbocycles. The zero-order valence-electron chi connectivity index (χ0n) is 12.7. The fourth-order valence-electron chi connectivity index (χ4n) is 3.83. The van der Waals surface area contributed by atoms with Gasteiger partial charge in [0.15, 0.2) is 0 Å². The average molecular weight is 264 g/mol. The topological polar surface area (TPSA) is 0 Å². The maximum absolute atomic E-state index is 2.46. The molecule has 0 radical (unpaired) electrons. The average Bonchev–Trinajstić information content (AvgIpc) is 2.82. The Bertz CT molecular complexity index is 571. The van der Waals surface area contributed by atoms with Gasteiger partial charge in [0.25, 0.3) is 0 Å². The Morgan fingerprint density at radius 2 is 1.95 bits per heavy atom. The molecular weight excluding hydrogens is 240 g/mol. The van der Waals surface area contributed by atoms with Crippen molar-refractivity contribution in [1.82, 2.24) is 0 Å². The number of hydrogen-bond acceptors (Lipinski definition) is 0. The Balaban J connectivity index is 2.07. The highest BCUT2D eigenvalue weighted by Crippen LogP contribution is 2.53. The Kier molecular flexibility index (Phi) is 3.65. The molecule has 0 nitrogen and oxygen atoms in total. The van der Waals surface area contributed by atoms with Crippen LogP contribution in [0.1, 0.15) is 51.5 Å². The van der Waals surface area contributed by atoms with Crippen molar-refractivity contribution >= 4 is 5.57 Å². The van der Waals surface area contributed by atoms with Crippen LogP contribution in [0.15, 0.2) is 59.7 Å². The molecule has 0 N–H and O–H groups in total. The van der Waals surface area contributed by atoms with Gasteiger partial charge in [-0.05, 0) is 42.9 Å².